The summed E-state index contributed by atoms with van der Waals surface area (Å²) in [4.78, 5) is 5.45. The Morgan fingerprint density at radius 3 is 2.45 bits per heavy atom. The summed E-state index contributed by atoms with van der Waals surface area (Å²) < 4.78 is 28.6. The number of hydrogen-bond acceptors (Lipinski definition) is 4. The van der Waals surface area contributed by atoms with Crippen LogP contribution >= 0.6 is 0 Å². The molecule has 2 aliphatic rings. The van der Waals surface area contributed by atoms with Gasteiger partial charge in [-0.25, -0.2) is 8.42 Å². The van der Waals surface area contributed by atoms with Crippen LogP contribution in [0.1, 0.15) is 31.7 Å². The molecule has 5 rings (SSSR count). The van der Waals surface area contributed by atoms with Gasteiger partial charge >= 0.3 is 0 Å². The third-order valence-electron chi connectivity index (χ3n) is 6.93. The van der Waals surface area contributed by atoms with Crippen molar-refractivity contribution in [1.29, 1.82) is 0 Å². The van der Waals surface area contributed by atoms with Crippen LogP contribution in [-0.2, 0) is 16.4 Å². The van der Waals surface area contributed by atoms with Crippen molar-refractivity contribution in [3.63, 3.8) is 0 Å². The van der Waals surface area contributed by atoms with Gasteiger partial charge in [-0.3, -0.25) is 4.31 Å². The van der Waals surface area contributed by atoms with Crippen molar-refractivity contribution in [2.75, 3.05) is 48.5 Å². The third-order valence-corrected chi connectivity index (χ3v) is 8.79. The highest BCUT2D eigenvalue weighted by Gasteiger charge is 2.36. The summed E-state index contributed by atoms with van der Waals surface area (Å²) >= 11 is 0. The second-order valence-electron chi connectivity index (χ2n) is 9.13. The number of aryl methyl sites for hydroxylation is 1. The predicted molar refractivity (Wildman–Crippen MR) is 137 cm³/mol. The molecule has 2 heterocycles. The first-order valence-electron chi connectivity index (χ1n) is 12.2. The Morgan fingerprint density at radius 1 is 0.818 bits per heavy atom. The molecule has 0 radical (unpaired) electrons. The van der Waals surface area contributed by atoms with Gasteiger partial charge in [-0.1, -0.05) is 49.4 Å². The van der Waals surface area contributed by atoms with Crippen LogP contribution in [0.5, 0.6) is 0 Å². The van der Waals surface area contributed by atoms with Gasteiger partial charge in [-0.15, -0.1) is 0 Å². The third kappa shape index (κ3) is 4.22. The number of anilines is 2. The van der Waals surface area contributed by atoms with Crippen molar-refractivity contribution in [2.24, 2.45) is 0 Å². The Bertz CT molecular complexity index is 1230. The molecule has 1 saturated heterocycles. The molecule has 1 fully saturated rings. The summed E-state index contributed by atoms with van der Waals surface area (Å²) in [7, 11) is -3.52. The minimum Gasteiger partial charge on any atom is -0.370 e. The Morgan fingerprint density at radius 2 is 1.64 bits per heavy atom. The molecule has 33 heavy (non-hydrogen) atoms. The standard InChI is InChI=1S/C27H33N3O2S/c1-2-16-28-17-8-18-29(21-20-28)24-14-15-25-27-23(24)12-6-13-26(27)33(31,32)30(25)19-7-11-22-9-4-3-5-10-22/h3-6,9-10,12-15H,2,7-8,11,16-21H2,1H3. The zero-order chi connectivity index (χ0) is 22.8. The Kier molecular flexibility index (Phi) is 6.30. The van der Waals surface area contributed by atoms with Gasteiger partial charge in [0.05, 0.1) is 10.6 Å². The van der Waals surface area contributed by atoms with E-state index in [1.807, 2.05) is 30.3 Å². The zero-order valence-electron chi connectivity index (χ0n) is 19.4. The van der Waals surface area contributed by atoms with E-state index in [4.69, 9.17) is 0 Å². The fourth-order valence-corrected chi connectivity index (χ4v) is 7.09. The molecule has 174 valence electrons. The monoisotopic (exact) mass is 463 g/mol. The molecule has 0 aliphatic carbocycles. The fraction of sp³-hybridized carbons (Fsp3) is 0.407. The SMILES string of the molecule is CCCN1CCCN(c2ccc3c4c(cccc24)S(=O)(=O)N3CCCc2ccccc2)CC1. The molecule has 3 aromatic carbocycles. The number of benzene rings is 3. The molecule has 0 spiro atoms. The van der Waals surface area contributed by atoms with Gasteiger partial charge in [0.25, 0.3) is 10.0 Å². The van der Waals surface area contributed by atoms with Crippen LogP contribution in [0.15, 0.2) is 65.6 Å². The molecular formula is C27H33N3O2S. The lowest BCUT2D eigenvalue weighted by Crippen LogP contribution is -2.31. The van der Waals surface area contributed by atoms with E-state index >= 15 is 0 Å². The van der Waals surface area contributed by atoms with Crippen molar-refractivity contribution in [2.45, 2.75) is 37.5 Å². The summed E-state index contributed by atoms with van der Waals surface area (Å²) in [5, 5.41) is 1.95. The summed E-state index contributed by atoms with van der Waals surface area (Å²) in [5.41, 5.74) is 3.24. The average Bonchev–Trinajstić information content (AvgIpc) is 2.96. The maximum Gasteiger partial charge on any atom is 0.265 e. The zero-order valence-corrected chi connectivity index (χ0v) is 20.2. The summed E-state index contributed by atoms with van der Waals surface area (Å²) in [6.45, 7) is 8.05. The molecule has 0 N–H and O–H groups in total. The highest BCUT2D eigenvalue weighted by atomic mass is 32.2. The smallest absolute Gasteiger partial charge is 0.265 e. The first-order valence-corrected chi connectivity index (χ1v) is 13.6. The van der Waals surface area contributed by atoms with Crippen LogP contribution < -0.4 is 9.21 Å². The number of rotatable bonds is 7. The van der Waals surface area contributed by atoms with Crippen LogP contribution in [0.2, 0.25) is 0 Å². The minimum absolute atomic E-state index is 0.457. The topological polar surface area (TPSA) is 43.9 Å². The maximum atomic E-state index is 13.5. The molecule has 6 heteroatoms. The summed E-state index contributed by atoms with van der Waals surface area (Å²) in [6, 6.07) is 20.2. The van der Waals surface area contributed by atoms with E-state index in [2.05, 4.69) is 41.0 Å². The average molecular weight is 464 g/mol. The Balaban J connectivity index is 1.43. The lowest BCUT2D eigenvalue weighted by atomic mass is 10.0. The van der Waals surface area contributed by atoms with Crippen LogP contribution in [-0.4, -0.2) is 52.6 Å². The largest absolute Gasteiger partial charge is 0.370 e. The lowest BCUT2D eigenvalue weighted by Gasteiger charge is -2.25. The number of sulfonamides is 1. The molecule has 0 saturated carbocycles. The first kappa shape index (κ1) is 22.2. The molecular weight excluding hydrogens is 430 g/mol. The van der Waals surface area contributed by atoms with Crippen LogP contribution in [0.25, 0.3) is 10.8 Å². The van der Waals surface area contributed by atoms with Crippen LogP contribution in [0.3, 0.4) is 0 Å². The van der Waals surface area contributed by atoms with Gasteiger partial charge < -0.3 is 9.80 Å². The van der Waals surface area contributed by atoms with E-state index in [1.54, 1.807) is 10.4 Å². The second-order valence-corrected chi connectivity index (χ2v) is 11.0. The molecule has 0 amide bonds. The number of hydrogen-bond donors (Lipinski definition) is 0. The predicted octanol–water partition coefficient (Wildman–Crippen LogP) is 4.90. The van der Waals surface area contributed by atoms with Crippen molar-refractivity contribution in [3.8, 4) is 0 Å². The van der Waals surface area contributed by atoms with E-state index in [0.29, 0.717) is 11.4 Å². The Labute approximate surface area is 197 Å². The number of nitrogens with zero attached hydrogens (tertiary/aromatic N) is 3. The van der Waals surface area contributed by atoms with E-state index < -0.39 is 10.0 Å². The van der Waals surface area contributed by atoms with E-state index in [9.17, 15) is 8.42 Å². The van der Waals surface area contributed by atoms with E-state index in [0.717, 1.165) is 74.1 Å². The van der Waals surface area contributed by atoms with Crippen LogP contribution in [0.4, 0.5) is 11.4 Å². The normalized spacial score (nSPS) is 18.1. The summed E-state index contributed by atoms with van der Waals surface area (Å²) in [6.07, 6.45) is 3.97. The van der Waals surface area contributed by atoms with Gasteiger partial charge in [0.2, 0.25) is 0 Å². The molecule has 3 aromatic rings. The highest BCUT2D eigenvalue weighted by Crippen LogP contribution is 2.45. The first-order chi connectivity index (χ1) is 16.1. The van der Waals surface area contributed by atoms with Gasteiger partial charge in [0.1, 0.15) is 0 Å². The van der Waals surface area contributed by atoms with Crippen LogP contribution in [0, 0.1) is 0 Å². The van der Waals surface area contributed by atoms with Crippen molar-refractivity contribution in [3.05, 3.63) is 66.2 Å². The minimum atomic E-state index is -3.52. The van der Waals surface area contributed by atoms with Crippen molar-refractivity contribution >= 4 is 32.2 Å². The molecule has 0 atom stereocenters. The van der Waals surface area contributed by atoms with Crippen molar-refractivity contribution < 1.29 is 8.42 Å². The van der Waals surface area contributed by atoms with Gasteiger partial charge in [-0.2, -0.15) is 0 Å². The maximum absolute atomic E-state index is 13.5. The fourth-order valence-electron chi connectivity index (χ4n) is 5.35. The molecule has 2 aliphatic heterocycles. The van der Waals surface area contributed by atoms with E-state index in [1.165, 1.54) is 12.0 Å². The van der Waals surface area contributed by atoms with Gasteiger partial charge in [-0.05, 0) is 62.5 Å². The molecule has 0 aromatic heterocycles. The van der Waals surface area contributed by atoms with E-state index in [-0.39, 0.29) is 0 Å². The van der Waals surface area contributed by atoms with Gasteiger partial charge in [0.15, 0.2) is 0 Å². The van der Waals surface area contributed by atoms with Crippen molar-refractivity contribution in [1.82, 2.24) is 4.90 Å². The molecule has 0 bridgehead atoms. The Hall–Kier alpha value is -2.57. The lowest BCUT2D eigenvalue weighted by molar-refractivity contribution is 0.294. The second kappa shape index (κ2) is 9.35. The summed E-state index contributed by atoms with van der Waals surface area (Å²) in [5.74, 6) is 0. The quantitative estimate of drug-likeness (QED) is 0.500. The molecule has 0 unspecified atom stereocenters. The highest BCUT2D eigenvalue weighted by molar-refractivity contribution is 7.93. The van der Waals surface area contributed by atoms with Gasteiger partial charge in [0, 0.05) is 42.6 Å². The molecule has 5 nitrogen and oxygen atoms in total.